The molecule has 3 fully saturated rings. The lowest BCUT2D eigenvalue weighted by atomic mass is 9.73. The van der Waals surface area contributed by atoms with Gasteiger partial charge in [-0.2, -0.15) is 0 Å². The van der Waals surface area contributed by atoms with Crippen LogP contribution in [-0.4, -0.2) is 30.1 Å². The molecule has 1 N–H and O–H groups in total. The zero-order valence-corrected chi connectivity index (χ0v) is 15.4. The number of esters is 1. The van der Waals surface area contributed by atoms with Crippen LogP contribution in [0.25, 0.3) is 10.9 Å². The maximum absolute atomic E-state index is 12.2. The average Bonchev–Trinajstić information content (AvgIpc) is 2.71. The Morgan fingerprint density at radius 1 is 1.42 bits per heavy atom. The third kappa shape index (κ3) is 3.03. The molecule has 3 aliphatic heterocycles. The summed E-state index contributed by atoms with van der Waals surface area (Å²) in [5, 5.41) is 1.09. The summed E-state index contributed by atoms with van der Waals surface area (Å²) in [7, 11) is 0. The largest absolute Gasteiger partial charge is 0.451 e. The van der Waals surface area contributed by atoms with E-state index in [1.54, 1.807) is 4.90 Å². The van der Waals surface area contributed by atoms with Gasteiger partial charge in [0.1, 0.15) is 6.04 Å². The van der Waals surface area contributed by atoms with Crippen LogP contribution in [0, 0.1) is 11.8 Å². The molecule has 4 nitrogen and oxygen atoms in total. The number of rotatable bonds is 5. The molecule has 0 amide bonds. The van der Waals surface area contributed by atoms with Crippen molar-refractivity contribution in [1.82, 2.24) is 4.98 Å². The van der Waals surface area contributed by atoms with Gasteiger partial charge in [-0.05, 0) is 18.1 Å². The van der Waals surface area contributed by atoms with Crippen molar-refractivity contribution >= 4 is 16.9 Å². The summed E-state index contributed by atoms with van der Waals surface area (Å²) in [5.74, 6) is 1.12. The summed E-state index contributed by atoms with van der Waals surface area (Å²) in [5.41, 5.74) is 2.05. The second-order valence-electron chi connectivity index (χ2n) is 7.58. The van der Waals surface area contributed by atoms with Crippen molar-refractivity contribution in [1.29, 1.82) is 0 Å². The number of carbonyl (C=O) groups is 1. The first-order valence-corrected chi connectivity index (χ1v) is 9.71. The summed E-state index contributed by atoms with van der Waals surface area (Å²) in [6, 6.07) is 10.5. The molecule has 2 aromatic rings. The first-order valence-electron chi connectivity index (χ1n) is 9.71. The van der Waals surface area contributed by atoms with Crippen LogP contribution in [0.1, 0.15) is 37.9 Å². The van der Waals surface area contributed by atoms with E-state index in [4.69, 9.17) is 4.74 Å². The van der Waals surface area contributed by atoms with Gasteiger partial charge in [0, 0.05) is 42.3 Å². The van der Waals surface area contributed by atoms with E-state index >= 15 is 0 Å². The third-order valence-electron chi connectivity index (χ3n) is 6.23. The molecule has 1 aromatic heterocycles. The lowest BCUT2D eigenvalue weighted by Gasteiger charge is -2.48. The van der Waals surface area contributed by atoms with Crippen molar-refractivity contribution in [3.05, 3.63) is 54.7 Å². The van der Waals surface area contributed by atoms with E-state index in [1.165, 1.54) is 6.42 Å². The molecule has 3 saturated heterocycles. The standard InChI is InChI=1S/C22H26N2O2/c1-3-15-14-24-12-10-16(15)13-20(24)22(26-21(25)4-2)18-9-11-23-19-8-6-5-7-17(18)19/h3,5-9,11,15-16,20,22H,1,4,10,12-14H2,2H3/p+1/t15-,16-,20+,22-/m0/s1. The molecule has 4 heteroatoms. The maximum Gasteiger partial charge on any atom is 0.306 e. The van der Waals surface area contributed by atoms with Gasteiger partial charge in [-0.3, -0.25) is 9.78 Å². The van der Waals surface area contributed by atoms with Gasteiger partial charge in [0.25, 0.3) is 0 Å². The fourth-order valence-corrected chi connectivity index (χ4v) is 4.85. The second kappa shape index (κ2) is 7.20. The number of hydrogen-bond donors (Lipinski definition) is 1. The Hall–Kier alpha value is -2.20. The molecule has 1 aromatic carbocycles. The van der Waals surface area contributed by atoms with E-state index in [2.05, 4.69) is 23.7 Å². The number of pyridine rings is 1. The molecule has 5 atom stereocenters. The molecule has 1 unspecified atom stereocenters. The molecule has 26 heavy (non-hydrogen) atoms. The molecule has 2 bridgehead atoms. The number of nitrogens with zero attached hydrogens (tertiary/aromatic N) is 1. The highest BCUT2D eigenvalue weighted by Crippen LogP contribution is 2.36. The van der Waals surface area contributed by atoms with E-state index in [0.29, 0.717) is 24.3 Å². The summed E-state index contributed by atoms with van der Waals surface area (Å²) in [4.78, 5) is 18.3. The number of hydrogen-bond acceptors (Lipinski definition) is 3. The zero-order chi connectivity index (χ0) is 18.1. The lowest BCUT2D eigenvalue weighted by Crippen LogP contribution is -3.20. The number of aromatic nitrogens is 1. The van der Waals surface area contributed by atoms with Gasteiger partial charge in [-0.15, -0.1) is 6.58 Å². The molecular weight excluding hydrogens is 324 g/mol. The van der Waals surface area contributed by atoms with Gasteiger partial charge in [0.2, 0.25) is 0 Å². The fraction of sp³-hybridized carbons (Fsp3) is 0.455. The molecule has 3 aliphatic rings. The lowest BCUT2D eigenvalue weighted by molar-refractivity contribution is -0.949. The average molecular weight is 351 g/mol. The molecule has 0 spiro atoms. The van der Waals surface area contributed by atoms with Crippen LogP contribution in [0.5, 0.6) is 0 Å². The van der Waals surface area contributed by atoms with Gasteiger partial charge in [-0.25, -0.2) is 0 Å². The van der Waals surface area contributed by atoms with E-state index in [0.717, 1.165) is 36.0 Å². The summed E-state index contributed by atoms with van der Waals surface area (Å²) in [6.45, 7) is 8.14. The highest BCUT2D eigenvalue weighted by Gasteiger charge is 2.47. The van der Waals surface area contributed by atoms with Crippen LogP contribution in [0.2, 0.25) is 0 Å². The molecular formula is C22H27N2O2+. The Morgan fingerprint density at radius 3 is 3.00 bits per heavy atom. The van der Waals surface area contributed by atoms with Crippen LogP contribution in [-0.2, 0) is 9.53 Å². The van der Waals surface area contributed by atoms with Gasteiger partial charge in [-0.1, -0.05) is 31.2 Å². The molecule has 0 aliphatic carbocycles. The van der Waals surface area contributed by atoms with E-state index in [-0.39, 0.29) is 12.1 Å². The van der Waals surface area contributed by atoms with Gasteiger partial charge >= 0.3 is 5.97 Å². The number of carbonyl (C=O) groups excluding carboxylic acids is 1. The van der Waals surface area contributed by atoms with Crippen LogP contribution < -0.4 is 4.90 Å². The van der Waals surface area contributed by atoms with Crippen LogP contribution in [0.15, 0.2) is 49.2 Å². The molecule has 136 valence electrons. The second-order valence-corrected chi connectivity index (χ2v) is 7.58. The molecule has 5 rings (SSSR count). The number of fused-ring (bicyclic) bond motifs is 4. The SMILES string of the molecule is C=C[C@H]1C[NH+]2CC[C@H]1C[C@@H]2[C@@H](OC(=O)CC)c1ccnc2ccccc12. The normalized spacial score (nSPS) is 28.7. The Morgan fingerprint density at radius 2 is 2.27 bits per heavy atom. The highest BCUT2D eigenvalue weighted by atomic mass is 16.5. The summed E-state index contributed by atoms with van der Waals surface area (Å²) < 4.78 is 6.04. The Labute approximate surface area is 154 Å². The van der Waals surface area contributed by atoms with Gasteiger partial charge in [0.15, 0.2) is 6.10 Å². The smallest absolute Gasteiger partial charge is 0.306 e. The fourth-order valence-electron chi connectivity index (χ4n) is 4.85. The predicted octanol–water partition coefficient (Wildman–Crippen LogP) is 2.71. The van der Waals surface area contributed by atoms with Crippen molar-refractivity contribution in [2.24, 2.45) is 11.8 Å². The quantitative estimate of drug-likeness (QED) is 0.665. The van der Waals surface area contributed by atoms with Crippen LogP contribution in [0.4, 0.5) is 0 Å². The van der Waals surface area contributed by atoms with Crippen molar-refractivity contribution in [2.45, 2.75) is 38.3 Å². The van der Waals surface area contributed by atoms with Crippen LogP contribution in [0.3, 0.4) is 0 Å². The minimum atomic E-state index is -0.209. The number of piperidine rings is 3. The highest BCUT2D eigenvalue weighted by molar-refractivity contribution is 5.82. The topological polar surface area (TPSA) is 43.6 Å². The first-order chi connectivity index (χ1) is 12.7. The Bertz CT molecular complexity index is 813. The molecule has 0 radical (unpaired) electrons. The zero-order valence-electron chi connectivity index (χ0n) is 15.4. The first kappa shape index (κ1) is 17.2. The summed E-state index contributed by atoms with van der Waals surface area (Å²) in [6.07, 6.45) is 6.48. The van der Waals surface area contributed by atoms with Crippen LogP contribution >= 0.6 is 0 Å². The van der Waals surface area contributed by atoms with E-state index in [9.17, 15) is 4.79 Å². The number of benzene rings is 1. The minimum absolute atomic E-state index is 0.127. The van der Waals surface area contributed by atoms with E-state index < -0.39 is 0 Å². The minimum Gasteiger partial charge on any atom is -0.451 e. The number of quaternary nitrogens is 1. The Balaban J connectivity index is 1.73. The summed E-state index contributed by atoms with van der Waals surface area (Å²) >= 11 is 0. The van der Waals surface area contributed by atoms with Crippen molar-refractivity contribution < 1.29 is 14.4 Å². The maximum atomic E-state index is 12.2. The molecule has 4 heterocycles. The Kier molecular flexibility index (Phi) is 4.77. The monoisotopic (exact) mass is 351 g/mol. The third-order valence-corrected chi connectivity index (χ3v) is 6.23. The number of ether oxygens (including phenoxy) is 1. The van der Waals surface area contributed by atoms with Gasteiger partial charge in [0.05, 0.1) is 18.6 Å². The van der Waals surface area contributed by atoms with Crippen molar-refractivity contribution in [2.75, 3.05) is 13.1 Å². The van der Waals surface area contributed by atoms with Gasteiger partial charge < -0.3 is 9.64 Å². The molecule has 0 saturated carbocycles. The van der Waals surface area contributed by atoms with Crippen molar-refractivity contribution in [3.8, 4) is 0 Å². The number of nitrogens with one attached hydrogen (secondary N) is 1. The predicted molar refractivity (Wildman–Crippen MR) is 102 cm³/mol. The van der Waals surface area contributed by atoms with E-state index in [1.807, 2.05) is 37.4 Å². The number of para-hydroxylation sites is 1. The van der Waals surface area contributed by atoms with Crippen molar-refractivity contribution in [3.63, 3.8) is 0 Å².